The van der Waals surface area contributed by atoms with Gasteiger partial charge in [0, 0.05) is 27.7 Å². The maximum atomic E-state index is 13.7. The van der Waals surface area contributed by atoms with Crippen molar-refractivity contribution in [3.8, 4) is 0 Å². The Kier molecular flexibility index (Phi) is 10.1. The van der Waals surface area contributed by atoms with Crippen molar-refractivity contribution in [1.82, 2.24) is 10.2 Å². The van der Waals surface area contributed by atoms with Gasteiger partial charge in [0.2, 0.25) is 21.8 Å². The summed E-state index contributed by atoms with van der Waals surface area (Å²) in [6.07, 6.45) is -3.80. The predicted octanol–water partition coefficient (Wildman–Crippen LogP) is 5.50. The minimum absolute atomic E-state index is 0.151. The van der Waals surface area contributed by atoms with E-state index in [2.05, 4.69) is 5.32 Å². The quantitative estimate of drug-likeness (QED) is 0.414. The van der Waals surface area contributed by atoms with Gasteiger partial charge in [0.25, 0.3) is 0 Å². The Bertz CT molecular complexity index is 1260. The van der Waals surface area contributed by atoms with Crippen LogP contribution in [0.5, 0.6) is 0 Å². The third-order valence-corrected chi connectivity index (χ3v) is 7.26. The van der Waals surface area contributed by atoms with Crippen LogP contribution in [0.3, 0.4) is 0 Å². The molecule has 38 heavy (non-hydrogen) atoms. The highest BCUT2D eigenvalue weighted by molar-refractivity contribution is 7.92. The first-order valence-corrected chi connectivity index (χ1v) is 14.1. The fraction of sp³-hybridized carbons (Fsp3) is 0.440. The first kappa shape index (κ1) is 31.7. The van der Waals surface area contributed by atoms with Crippen molar-refractivity contribution in [2.24, 2.45) is 0 Å². The van der Waals surface area contributed by atoms with Crippen LogP contribution in [0, 0.1) is 0 Å². The summed E-state index contributed by atoms with van der Waals surface area (Å²) in [6, 6.07) is 7.28. The van der Waals surface area contributed by atoms with Gasteiger partial charge in [-0.25, -0.2) is 8.42 Å². The van der Waals surface area contributed by atoms with Crippen LogP contribution in [0.1, 0.15) is 45.2 Å². The number of carbonyl (C=O) groups is 2. The average molecular weight is 596 g/mol. The number of nitrogens with one attached hydrogen (secondary N) is 1. The zero-order chi connectivity index (χ0) is 29.1. The van der Waals surface area contributed by atoms with E-state index in [0.717, 1.165) is 29.4 Å². The molecule has 2 aromatic rings. The summed E-state index contributed by atoms with van der Waals surface area (Å²) in [6.45, 7) is 5.84. The lowest BCUT2D eigenvalue weighted by Gasteiger charge is -2.35. The minimum atomic E-state index is -4.73. The first-order chi connectivity index (χ1) is 17.3. The molecule has 2 rings (SSSR count). The Morgan fingerprint density at radius 1 is 1.03 bits per heavy atom. The van der Waals surface area contributed by atoms with E-state index in [1.54, 1.807) is 45.9 Å². The third kappa shape index (κ3) is 8.51. The molecule has 0 unspecified atom stereocenters. The van der Waals surface area contributed by atoms with Crippen molar-refractivity contribution < 1.29 is 31.2 Å². The summed E-state index contributed by atoms with van der Waals surface area (Å²) in [5.41, 5.74) is -1.74. The number of rotatable bonds is 9. The van der Waals surface area contributed by atoms with Crippen LogP contribution in [0.15, 0.2) is 42.5 Å². The fourth-order valence-electron chi connectivity index (χ4n) is 3.68. The maximum Gasteiger partial charge on any atom is 0.416 e. The Labute approximate surface area is 230 Å². The molecule has 7 nitrogen and oxygen atoms in total. The smallest absolute Gasteiger partial charge is 0.350 e. The molecule has 0 radical (unpaired) electrons. The van der Waals surface area contributed by atoms with E-state index >= 15 is 0 Å². The molecule has 0 aliphatic carbocycles. The van der Waals surface area contributed by atoms with E-state index in [0.29, 0.717) is 15.9 Å². The Morgan fingerprint density at radius 2 is 1.58 bits per heavy atom. The largest absolute Gasteiger partial charge is 0.416 e. The molecule has 1 atom stereocenters. The molecule has 13 heteroatoms. The van der Waals surface area contributed by atoms with Crippen molar-refractivity contribution in [2.75, 3.05) is 17.1 Å². The van der Waals surface area contributed by atoms with Crippen molar-refractivity contribution in [3.63, 3.8) is 0 Å². The molecular formula is C25H30Cl2F3N3O4S. The summed E-state index contributed by atoms with van der Waals surface area (Å²) in [4.78, 5) is 28.0. The summed E-state index contributed by atoms with van der Waals surface area (Å²) < 4.78 is 65.7. The van der Waals surface area contributed by atoms with Gasteiger partial charge in [-0.2, -0.15) is 13.2 Å². The van der Waals surface area contributed by atoms with Crippen LogP contribution in [0.25, 0.3) is 0 Å². The van der Waals surface area contributed by atoms with Gasteiger partial charge in [0.1, 0.15) is 12.6 Å². The van der Waals surface area contributed by atoms with E-state index in [1.807, 2.05) is 0 Å². The van der Waals surface area contributed by atoms with Gasteiger partial charge >= 0.3 is 6.18 Å². The second-order valence-corrected chi connectivity index (χ2v) is 12.4. The molecule has 0 bridgehead atoms. The van der Waals surface area contributed by atoms with E-state index in [-0.39, 0.29) is 28.7 Å². The normalized spacial score (nSPS) is 13.1. The second-order valence-electron chi connectivity index (χ2n) is 9.70. The summed E-state index contributed by atoms with van der Waals surface area (Å²) in [7, 11) is -4.21. The van der Waals surface area contributed by atoms with Crippen LogP contribution in [-0.2, 0) is 32.3 Å². The molecule has 210 valence electrons. The number of sulfonamides is 1. The molecule has 2 aromatic carbocycles. The molecule has 0 fully saturated rings. The number of alkyl halides is 3. The van der Waals surface area contributed by atoms with E-state index in [4.69, 9.17) is 23.2 Å². The summed E-state index contributed by atoms with van der Waals surface area (Å²) in [5.74, 6) is -1.33. The van der Waals surface area contributed by atoms with E-state index in [9.17, 15) is 31.2 Å². The van der Waals surface area contributed by atoms with Gasteiger partial charge in [0.15, 0.2) is 0 Å². The highest BCUT2D eigenvalue weighted by Gasteiger charge is 2.35. The molecule has 0 spiro atoms. The third-order valence-electron chi connectivity index (χ3n) is 5.41. The standard InChI is InChI=1S/C25H30Cl2F3N3O4S/c1-6-21(23(35)31-24(2,3)4)32(14-18-19(26)11-8-12-20(18)27)22(34)15-33(38(5,36)37)17-10-7-9-16(13-17)25(28,29)30/h7-13,21H,6,14-15H2,1-5H3,(H,31,35)/t21-/m1/s1. The van der Waals surface area contributed by atoms with Crippen LogP contribution in [0.2, 0.25) is 10.0 Å². The number of benzene rings is 2. The SMILES string of the molecule is CC[C@H](C(=O)NC(C)(C)C)N(Cc1c(Cl)cccc1Cl)C(=O)CN(c1cccc(C(F)(F)F)c1)S(C)(=O)=O. The highest BCUT2D eigenvalue weighted by Crippen LogP contribution is 2.33. The molecule has 0 heterocycles. The highest BCUT2D eigenvalue weighted by atomic mass is 35.5. The van der Waals surface area contributed by atoms with Crippen LogP contribution < -0.4 is 9.62 Å². The van der Waals surface area contributed by atoms with Gasteiger partial charge in [-0.1, -0.05) is 42.3 Å². The lowest BCUT2D eigenvalue weighted by atomic mass is 10.1. The lowest BCUT2D eigenvalue weighted by molar-refractivity contribution is -0.141. The molecule has 1 N–H and O–H groups in total. The summed E-state index contributed by atoms with van der Waals surface area (Å²) in [5, 5.41) is 3.25. The van der Waals surface area contributed by atoms with Crippen LogP contribution in [0.4, 0.5) is 18.9 Å². The van der Waals surface area contributed by atoms with Gasteiger partial charge in [-0.3, -0.25) is 13.9 Å². The molecule has 0 saturated carbocycles. The molecule has 2 amide bonds. The summed E-state index contributed by atoms with van der Waals surface area (Å²) >= 11 is 12.6. The van der Waals surface area contributed by atoms with Crippen LogP contribution >= 0.6 is 23.2 Å². The van der Waals surface area contributed by atoms with Crippen molar-refractivity contribution in [1.29, 1.82) is 0 Å². The van der Waals surface area contributed by atoms with Gasteiger partial charge < -0.3 is 10.2 Å². The van der Waals surface area contributed by atoms with E-state index in [1.165, 1.54) is 0 Å². The van der Waals surface area contributed by atoms with E-state index < -0.39 is 51.7 Å². The Morgan fingerprint density at radius 3 is 2.05 bits per heavy atom. The first-order valence-electron chi connectivity index (χ1n) is 11.5. The molecule has 0 saturated heterocycles. The molecular weight excluding hydrogens is 566 g/mol. The maximum absolute atomic E-state index is 13.7. The number of anilines is 1. The topological polar surface area (TPSA) is 86.8 Å². The minimum Gasteiger partial charge on any atom is -0.350 e. The number of nitrogens with zero attached hydrogens (tertiary/aromatic N) is 2. The van der Waals surface area contributed by atoms with Gasteiger partial charge in [-0.05, 0) is 57.5 Å². The molecule has 0 aliphatic rings. The number of halogens is 5. The van der Waals surface area contributed by atoms with Crippen molar-refractivity contribution >= 4 is 50.7 Å². The Hall–Kier alpha value is -2.50. The zero-order valence-electron chi connectivity index (χ0n) is 21.6. The van der Waals surface area contributed by atoms with Crippen molar-refractivity contribution in [2.45, 2.75) is 58.4 Å². The predicted molar refractivity (Wildman–Crippen MR) is 143 cm³/mol. The number of hydrogen-bond acceptors (Lipinski definition) is 4. The van der Waals surface area contributed by atoms with Gasteiger partial charge in [0.05, 0.1) is 17.5 Å². The second kappa shape index (κ2) is 12.1. The fourth-order valence-corrected chi connectivity index (χ4v) is 5.04. The number of hydrogen-bond donors (Lipinski definition) is 1. The monoisotopic (exact) mass is 595 g/mol. The Balaban J connectivity index is 2.57. The molecule has 0 aromatic heterocycles. The number of amides is 2. The van der Waals surface area contributed by atoms with Gasteiger partial charge in [-0.15, -0.1) is 0 Å². The average Bonchev–Trinajstić information content (AvgIpc) is 2.76. The van der Waals surface area contributed by atoms with Crippen LogP contribution in [-0.4, -0.2) is 49.5 Å². The molecule has 0 aliphatic heterocycles. The van der Waals surface area contributed by atoms with Crippen molar-refractivity contribution in [3.05, 3.63) is 63.6 Å². The zero-order valence-corrected chi connectivity index (χ0v) is 23.9. The number of carbonyl (C=O) groups excluding carboxylic acids is 2. The lowest BCUT2D eigenvalue weighted by Crippen LogP contribution is -2.55.